The monoisotopic (exact) mass is 336 g/mol. The molecule has 7 heteroatoms. The number of carbonyl (C=O) groups is 1. The largest absolute Gasteiger partial charge is 0.497 e. The molecule has 6 nitrogen and oxygen atoms in total. The van der Waals surface area contributed by atoms with Gasteiger partial charge in [0, 0.05) is 51.2 Å². The van der Waals surface area contributed by atoms with E-state index in [0.717, 1.165) is 19.0 Å². The van der Waals surface area contributed by atoms with Crippen LogP contribution in [-0.2, 0) is 7.05 Å². The van der Waals surface area contributed by atoms with Crippen LogP contribution >= 0.6 is 12.4 Å². The van der Waals surface area contributed by atoms with Crippen LogP contribution in [0.5, 0.6) is 5.75 Å². The molecule has 2 aromatic rings. The lowest BCUT2D eigenvalue weighted by Gasteiger charge is -2.35. The fourth-order valence-corrected chi connectivity index (χ4v) is 2.71. The zero-order chi connectivity index (χ0) is 15.5. The fraction of sp³-hybridized carbons (Fsp3) is 0.375. The van der Waals surface area contributed by atoms with Crippen molar-refractivity contribution < 1.29 is 9.53 Å². The van der Waals surface area contributed by atoms with Crippen molar-refractivity contribution in [2.24, 2.45) is 7.05 Å². The molecule has 0 radical (unpaired) electrons. The van der Waals surface area contributed by atoms with E-state index < -0.39 is 0 Å². The normalized spacial score (nSPS) is 14.3. The number of rotatable bonds is 3. The SMILES string of the molecule is COc1cccc(C(=O)N2CCN(c3nccn3C)CC2)c1.Cl. The number of ether oxygens (including phenoxy) is 1. The minimum atomic E-state index is 0. The van der Waals surface area contributed by atoms with Gasteiger partial charge in [-0.2, -0.15) is 0 Å². The van der Waals surface area contributed by atoms with Crippen molar-refractivity contribution in [2.45, 2.75) is 0 Å². The molecule has 2 heterocycles. The molecule has 3 rings (SSSR count). The maximum absolute atomic E-state index is 12.6. The number of carbonyl (C=O) groups excluding carboxylic acids is 1. The molecule has 0 bridgehead atoms. The number of imidazole rings is 1. The van der Waals surface area contributed by atoms with Crippen molar-refractivity contribution >= 4 is 24.3 Å². The molecule has 0 spiro atoms. The Morgan fingerprint density at radius 3 is 2.57 bits per heavy atom. The van der Waals surface area contributed by atoms with Crippen molar-refractivity contribution in [3.05, 3.63) is 42.2 Å². The molecule has 1 aliphatic rings. The van der Waals surface area contributed by atoms with Gasteiger partial charge >= 0.3 is 0 Å². The summed E-state index contributed by atoms with van der Waals surface area (Å²) in [4.78, 5) is 21.0. The Kier molecular flexibility index (Phi) is 5.50. The maximum Gasteiger partial charge on any atom is 0.254 e. The summed E-state index contributed by atoms with van der Waals surface area (Å²) in [6.07, 6.45) is 3.73. The van der Waals surface area contributed by atoms with Crippen LogP contribution < -0.4 is 9.64 Å². The Labute approximate surface area is 142 Å². The Morgan fingerprint density at radius 1 is 1.22 bits per heavy atom. The van der Waals surface area contributed by atoms with Crippen LogP contribution in [0.4, 0.5) is 5.95 Å². The highest BCUT2D eigenvalue weighted by Crippen LogP contribution is 2.17. The molecule has 23 heavy (non-hydrogen) atoms. The van der Waals surface area contributed by atoms with Gasteiger partial charge in [-0.25, -0.2) is 4.98 Å². The van der Waals surface area contributed by atoms with Crippen LogP contribution in [0.15, 0.2) is 36.7 Å². The third-order valence-corrected chi connectivity index (χ3v) is 3.96. The smallest absolute Gasteiger partial charge is 0.254 e. The first-order chi connectivity index (χ1) is 10.7. The fourth-order valence-electron chi connectivity index (χ4n) is 2.71. The van der Waals surface area contributed by atoms with E-state index in [4.69, 9.17) is 4.74 Å². The lowest BCUT2D eigenvalue weighted by molar-refractivity contribution is 0.0745. The maximum atomic E-state index is 12.6. The standard InChI is InChI=1S/C16H20N4O2.ClH/c1-18-7-6-17-16(18)20-10-8-19(9-11-20)15(21)13-4-3-5-14(12-13)22-2;/h3-7,12H,8-11H2,1-2H3;1H. The topological polar surface area (TPSA) is 50.6 Å². The van der Waals surface area contributed by atoms with Gasteiger partial charge < -0.3 is 19.1 Å². The first kappa shape index (κ1) is 17.1. The van der Waals surface area contributed by atoms with E-state index in [0.29, 0.717) is 24.4 Å². The van der Waals surface area contributed by atoms with E-state index in [1.54, 1.807) is 19.4 Å². The average molecular weight is 337 g/mol. The summed E-state index contributed by atoms with van der Waals surface area (Å²) >= 11 is 0. The third kappa shape index (κ3) is 3.59. The molecule has 1 aliphatic heterocycles. The van der Waals surface area contributed by atoms with Gasteiger partial charge in [0.1, 0.15) is 5.75 Å². The number of hydrogen-bond acceptors (Lipinski definition) is 4. The Hall–Kier alpha value is -2.21. The minimum Gasteiger partial charge on any atom is -0.497 e. The van der Waals surface area contributed by atoms with E-state index in [-0.39, 0.29) is 18.3 Å². The number of halogens is 1. The highest BCUT2D eigenvalue weighted by Gasteiger charge is 2.24. The van der Waals surface area contributed by atoms with E-state index >= 15 is 0 Å². The zero-order valence-electron chi connectivity index (χ0n) is 13.3. The summed E-state index contributed by atoms with van der Waals surface area (Å²) < 4.78 is 7.18. The molecule has 0 unspecified atom stereocenters. The summed E-state index contributed by atoms with van der Waals surface area (Å²) in [7, 11) is 3.59. The van der Waals surface area contributed by atoms with Crippen molar-refractivity contribution in [3.63, 3.8) is 0 Å². The number of hydrogen-bond donors (Lipinski definition) is 0. The van der Waals surface area contributed by atoms with Crippen LogP contribution in [0, 0.1) is 0 Å². The number of nitrogens with zero attached hydrogens (tertiary/aromatic N) is 4. The van der Waals surface area contributed by atoms with E-state index in [1.807, 2.05) is 40.9 Å². The van der Waals surface area contributed by atoms with Crippen molar-refractivity contribution in [3.8, 4) is 5.75 Å². The summed E-state index contributed by atoms with van der Waals surface area (Å²) in [5, 5.41) is 0. The first-order valence-electron chi connectivity index (χ1n) is 7.34. The summed E-state index contributed by atoms with van der Waals surface area (Å²) in [6, 6.07) is 7.30. The molecule has 1 amide bonds. The second-order valence-corrected chi connectivity index (χ2v) is 5.35. The number of amides is 1. The number of anilines is 1. The molecular formula is C16H21ClN4O2. The molecular weight excluding hydrogens is 316 g/mol. The molecule has 1 saturated heterocycles. The van der Waals surface area contributed by atoms with Gasteiger partial charge in [0.15, 0.2) is 0 Å². The lowest BCUT2D eigenvalue weighted by atomic mass is 10.1. The molecule has 0 saturated carbocycles. The van der Waals surface area contributed by atoms with Crippen molar-refractivity contribution in [1.29, 1.82) is 0 Å². The highest BCUT2D eigenvalue weighted by atomic mass is 35.5. The van der Waals surface area contributed by atoms with E-state index in [9.17, 15) is 4.79 Å². The lowest BCUT2D eigenvalue weighted by Crippen LogP contribution is -2.49. The summed E-state index contributed by atoms with van der Waals surface area (Å²) in [6.45, 7) is 2.98. The highest BCUT2D eigenvalue weighted by molar-refractivity contribution is 5.94. The van der Waals surface area contributed by atoms with Gasteiger partial charge in [0.25, 0.3) is 5.91 Å². The van der Waals surface area contributed by atoms with Crippen LogP contribution in [0.1, 0.15) is 10.4 Å². The Balaban J connectivity index is 0.00000192. The molecule has 124 valence electrons. The van der Waals surface area contributed by atoms with Crippen LogP contribution in [0.3, 0.4) is 0 Å². The second-order valence-electron chi connectivity index (χ2n) is 5.35. The predicted molar refractivity (Wildman–Crippen MR) is 91.6 cm³/mol. The van der Waals surface area contributed by atoms with E-state index in [1.165, 1.54) is 0 Å². The quantitative estimate of drug-likeness (QED) is 0.858. The van der Waals surface area contributed by atoms with Crippen molar-refractivity contribution in [2.75, 3.05) is 38.2 Å². The van der Waals surface area contributed by atoms with Gasteiger partial charge in [0.05, 0.1) is 7.11 Å². The van der Waals surface area contributed by atoms with Gasteiger partial charge in [-0.05, 0) is 18.2 Å². The van der Waals surface area contributed by atoms with Crippen molar-refractivity contribution in [1.82, 2.24) is 14.5 Å². The van der Waals surface area contributed by atoms with Gasteiger partial charge in [0.2, 0.25) is 5.95 Å². The van der Waals surface area contributed by atoms with Crippen LogP contribution in [-0.4, -0.2) is 53.6 Å². The second kappa shape index (κ2) is 7.37. The molecule has 0 aliphatic carbocycles. The zero-order valence-corrected chi connectivity index (χ0v) is 14.1. The average Bonchev–Trinajstić information content (AvgIpc) is 3.00. The van der Waals surface area contributed by atoms with Gasteiger partial charge in [-0.1, -0.05) is 6.07 Å². The Morgan fingerprint density at radius 2 is 1.96 bits per heavy atom. The summed E-state index contributed by atoms with van der Waals surface area (Å²) in [5.74, 6) is 1.71. The predicted octanol–water partition coefficient (Wildman–Crippen LogP) is 1.81. The molecule has 0 N–H and O–H groups in total. The Bertz CT molecular complexity index is 666. The molecule has 0 atom stereocenters. The summed E-state index contributed by atoms with van der Waals surface area (Å²) in [5.41, 5.74) is 0.671. The minimum absolute atomic E-state index is 0. The number of aryl methyl sites for hydroxylation is 1. The van der Waals surface area contributed by atoms with E-state index in [2.05, 4.69) is 9.88 Å². The van der Waals surface area contributed by atoms with Gasteiger partial charge in [-0.15, -0.1) is 12.4 Å². The third-order valence-electron chi connectivity index (χ3n) is 3.96. The molecule has 1 aromatic heterocycles. The number of methoxy groups -OCH3 is 1. The molecule has 1 fully saturated rings. The first-order valence-corrected chi connectivity index (χ1v) is 7.34. The van der Waals surface area contributed by atoms with Gasteiger partial charge in [-0.3, -0.25) is 4.79 Å². The van der Waals surface area contributed by atoms with Crippen LogP contribution in [0.25, 0.3) is 0 Å². The number of benzene rings is 1. The molecule has 1 aromatic carbocycles. The van der Waals surface area contributed by atoms with Crippen LogP contribution in [0.2, 0.25) is 0 Å². The number of aromatic nitrogens is 2. The number of piperazine rings is 1.